The lowest BCUT2D eigenvalue weighted by atomic mass is 9.78. The summed E-state index contributed by atoms with van der Waals surface area (Å²) in [5.41, 5.74) is 15.7. The van der Waals surface area contributed by atoms with Crippen molar-refractivity contribution in [3.63, 3.8) is 0 Å². The second-order valence-corrected chi connectivity index (χ2v) is 19.7. The molecule has 1 aromatic heterocycles. The van der Waals surface area contributed by atoms with Gasteiger partial charge in [-0.3, -0.25) is 0 Å². The fourth-order valence-electron chi connectivity index (χ4n) is 9.12. The fraction of sp³-hybridized carbons (Fsp3) is 0.133. The van der Waals surface area contributed by atoms with E-state index in [0.29, 0.717) is 0 Å². The number of rotatable bonds is 7. The van der Waals surface area contributed by atoms with Crippen LogP contribution in [0.15, 0.2) is 200 Å². The van der Waals surface area contributed by atoms with E-state index in [1.165, 1.54) is 86.6 Å². The molecular weight excluding hydrogens is 767 g/mol. The van der Waals surface area contributed by atoms with Crippen LogP contribution in [0.3, 0.4) is 0 Å². The van der Waals surface area contributed by atoms with Crippen LogP contribution >= 0.6 is 11.3 Å². The Labute approximate surface area is 370 Å². The van der Waals surface area contributed by atoms with Gasteiger partial charge < -0.3 is 4.90 Å². The molecule has 0 aliphatic rings. The molecule has 0 aliphatic carbocycles. The van der Waals surface area contributed by atoms with Crippen LogP contribution in [0.1, 0.15) is 52.7 Å². The van der Waals surface area contributed by atoms with E-state index < -0.39 is 0 Å². The molecule has 9 aromatic carbocycles. The van der Waals surface area contributed by atoms with Crippen molar-refractivity contribution in [3.8, 4) is 44.5 Å². The van der Waals surface area contributed by atoms with Crippen LogP contribution in [-0.4, -0.2) is 0 Å². The molecule has 0 spiro atoms. The molecule has 1 nitrogen and oxygen atoms in total. The Morgan fingerprint density at radius 1 is 0.355 bits per heavy atom. The van der Waals surface area contributed by atoms with Crippen LogP contribution in [0.25, 0.3) is 75.5 Å². The average molecular weight is 818 g/mol. The highest BCUT2D eigenvalue weighted by molar-refractivity contribution is 7.25. The molecule has 0 atom stereocenters. The quantitative estimate of drug-likeness (QED) is 0.155. The molecular formula is C60H51NS. The molecule has 0 unspecified atom stereocenters. The van der Waals surface area contributed by atoms with Crippen LogP contribution in [0, 0.1) is 0 Å². The van der Waals surface area contributed by atoms with Crippen molar-refractivity contribution in [2.24, 2.45) is 0 Å². The van der Waals surface area contributed by atoms with Crippen LogP contribution in [0.2, 0.25) is 0 Å². The number of nitrogens with zero attached hydrogens (tertiary/aromatic N) is 1. The van der Waals surface area contributed by atoms with E-state index in [2.05, 4.69) is 247 Å². The van der Waals surface area contributed by atoms with Crippen molar-refractivity contribution in [1.82, 2.24) is 0 Å². The lowest BCUT2D eigenvalue weighted by Gasteiger charge is -2.30. The van der Waals surface area contributed by atoms with Gasteiger partial charge in [-0.05, 0) is 103 Å². The van der Waals surface area contributed by atoms with Gasteiger partial charge in [-0.25, -0.2) is 0 Å². The summed E-state index contributed by atoms with van der Waals surface area (Å²) < 4.78 is 2.62. The highest BCUT2D eigenvalue weighted by atomic mass is 32.1. The number of hydrogen-bond donors (Lipinski definition) is 0. The number of anilines is 3. The van der Waals surface area contributed by atoms with E-state index in [9.17, 15) is 0 Å². The van der Waals surface area contributed by atoms with E-state index in [4.69, 9.17) is 0 Å². The summed E-state index contributed by atoms with van der Waals surface area (Å²) in [7, 11) is 0. The summed E-state index contributed by atoms with van der Waals surface area (Å²) in [6.45, 7) is 13.9. The average Bonchev–Trinajstić information content (AvgIpc) is 3.68. The van der Waals surface area contributed by atoms with Crippen LogP contribution < -0.4 is 4.90 Å². The SMILES string of the molecule is CC(C)(C)c1cc(-c2cccc3cccc(-c4ccccc4N(c4cccc(-c5cccc6sc7ccccc7c56)c4)c4ccccc4-c4ccccc4)c23)cc(C(C)(C)C)c1. The summed E-state index contributed by atoms with van der Waals surface area (Å²) >= 11 is 1.87. The molecule has 0 fully saturated rings. The predicted octanol–water partition coefficient (Wildman–Crippen LogP) is 17.9. The maximum absolute atomic E-state index is 2.49. The molecule has 0 saturated carbocycles. The Morgan fingerprint density at radius 3 is 1.58 bits per heavy atom. The maximum atomic E-state index is 2.49. The monoisotopic (exact) mass is 817 g/mol. The summed E-state index contributed by atoms with van der Waals surface area (Å²) in [5, 5.41) is 5.10. The molecule has 302 valence electrons. The zero-order valence-electron chi connectivity index (χ0n) is 36.4. The minimum atomic E-state index is -0.000737. The zero-order valence-corrected chi connectivity index (χ0v) is 37.2. The minimum Gasteiger partial charge on any atom is -0.309 e. The number of para-hydroxylation sites is 2. The van der Waals surface area contributed by atoms with E-state index in [-0.39, 0.29) is 10.8 Å². The van der Waals surface area contributed by atoms with Crippen LogP contribution in [-0.2, 0) is 10.8 Å². The lowest BCUT2D eigenvalue weighted by molar-refractivity contribution is 0.569. The summed E-state index contributed by atoms with van der Waals surface area (Å²) in [6, 6.07) is 74.3. The Kier molecular flexibility index (Phi) is 9.93. The van der Waals surface area contributed by atoms with Gasteiger partial charge in [-0.15, -0.1) is 11.3 Å². The van der Waals surface area contributed by atoms with Crippen molar-refractivity contribution < 1.29 is 0 Å². The molecule has 10 rings (SSSR count). The molecule has 62 heavy (non-hydrogen) atoms. The first-order valence-electron chi connectivity index (χ1n) is 21.8. The second kappa shape index (κ2) is 15.6. The van der Waals surface area contributed by atoms with E-state index in [0.717, 1.165) is 17.1 Å². The van der Waals surface area contributed by atoms with E-state index in [1.807, 2.05) is 11.3 Å². The highest BCUT2D eigenvalue weighted by Gasteiger charge is 2.25. The second-order valence-electron chi connectivity index (χ2n) is 18.6. The van der Waals surface area contributed by atoms with E-state index in [1.54, 1.807) is 0 Å². The fourth-order valence-corrected chi connectivity index (χ4v) is 10.2. The molecule has 0 N–H and O–H groups in total. The zero-order chi connectivity index (χ0) is 42.6. The van der Waals surface area contributed by atoms with Gasteiger partial charge in [0.2, 0.25) is 0 Å². The van der Waals surface area contributed by atoms with Crippen LogP contribution in [0.5, 0.6) is 0 Å². The van der Waals surface area contributed by atoms with Gasteiger partial charge in [0.1, 0.15) is 0 Å². The molecule has 10 aromatic rings. The Morgan fingerprint density at radius 2 is 0.871 bits per heavy atom. The minimum absolute atomic E-state index is 0.000737. The normalized spacial score (nSPS) is 12.0. The van der Waals surface area contributed by atoms with Gasteiger partial charge in [-0.2, -0.15) is 0 Å². The third-order valence-electron chi connectivity index (χ3n) is 12.4. The van der Waals surface area contributed by atoms with Crippen molar-refractivity contribution in [2.45, 2.75) is 52.4 Å². The highest BCUT2D eigenvalue weighted by Crippen LogP contribution is 2.49. The Balaban J connectivity index is 1.23. The standard InChI is InChI=1S/C60H51NS/c1-59(2,3)44-36-43(37-45(39-44)60(4,5)6)49-29-17-22-41-23-18-31-51(57(41)49)50-27-11-14-33-54(50)61(53-32-13-10-26-47(53)40-20-8-7-9-21-40)46-25-16-24-42(38-46)48-30-19-35-56-58(48)52-28-12-15-34-55(52)62-56/h7-39H,1-6H3. The van der Waals surface area contributed by atoms with Crippen LogP contribution in [0.4, 0.5) is 17.1 Å². The number of hydrogen-bond acceptors (Lipinski definition) is 2. The first-order valence-corrected chi connectivity index (χ1v) is 22.6. The molecule has 0 aliphatic heterocycles. The summed E-state index contributed by atoms with van der Waals surface area (Å²) in [4.78, 5) is 2.49. The van der Waals surface area contributed by atoms with Gasteiger partial charge in [0.25, 0.3) is 0 Å². The molecule has 0 bridgehead atoms. The number of benzene rings is 9. The van der Waals surface area contributed by atoms with Crippen molar-refractivity contribution >= 4 is 59.3 Å². The first-order chi connectivity index (χ1) is 30.0. The maximum Gasteiger partial charge on any atom is 0.0540 e. The summed E-state index contributed by atoms with van der Waals surface area (Å²) in [6.07, 6.45) is 0. The predicted molar refractivity (Wildman–Crippen MR) is 271 cm³/mol. The Bertz CT molecular complexity index is 3230. The number of fused-ring (bicyclic) bond motifs is 4. The van der Waals surface area contributed by atoms with Gasteiger partial charge >= 0.3 is 0 Å². The third-order valence-corrected chi connectivity index (χ3v) is 13.5. The molecule has 0 saturated heterocycles. The van der Waals surface area contributed by atoms with E-state index >= 15 is 0 Å². The smallest absolute Gasteiger partial charge is 0.0540 e. The van der Waals surface area contributed by atoms with Crippen molar-refractivity contribution in [1.29, 1.82) is 0 Å². The molecule has 0 radical (unpaired) electrons. The molecule has 0 amide bonds. The lowest BCUT2D eigenvalue weighted by Crippen LogP contribution is -2.16. The largest absolute Gasteiger partial charge is 0.309 e. The summed E-state index contributed by atoms with van der Waals surface area (Å²) in [5.74, 6) is 0. The van der Waals surface area contributed by atoms with Gasteiger partial charge in [-0.1, -0.05) is 205 Å². The van der Waals surface area contributed by atoms with Gasteiger partial charge in [0, 0.05) is 37.0 Å². The van der Waals surface area contributed by atoms with Crippen molar-refractivity contribution in [3.05, 3.63) is 211 Å². The molecule has 2 heteroatoms. The van der Waals surface area contributed by atoms with Crippen molar-refractivity contribution in [2.75, 3.05) is 4.90 Å². The third kappa shape index (κ3) is 7.19. The van der Waals surface area contributed by atoms with Gasteiger partial charge in [0.05, 0.1) is 11.4 Å². The first kappa shape index (κ1) is 39.4. The Hall–Kier alpha value is -6.74. The molecule has 1 heterocycles. The topological polar surface area (TPSA) is 3.24 Å². The van der Waals surface area contributed by atoms with Gasteiger partial charge in [0.15, 0.2) is 0 Å². The number of thiophene rings is 1.